The highest BCUT2D eigenvalue weighted by molar-refractivity contribution is 5.91. The average Bonchev–Trinajstić information content (AvgIpc) is 3.42. The van der Waals surface area contributed by atoms with Crippen LogP contribution < -0.4 is 10.2 Å². The molecule has 0 spiro atoms. The fraction of sp³-hybridized carbons (Fsp3) is 0.542. The molecule has 0 bridgehead atoms. The summed E-state index contributed by atoms with van der Waals surface area (Å²) in [5.74, 6) is 1.33. The van der Waals surface area contributed by atoms with E-state index < -0.39 is 0 Å². The minimum absolute atomic E-state index is 0.0290. The molecular weight excluding hydrogens is 402 g/mol. The number of nitrogens with zero attached hydrogens (tertiary/aromatic N) is 4. The number of likely N-dealkylation sites (N-methyl/N-ethyl adjacent to an activating group) is 1. The van der Waals surface area contributed by atoms with Gasteiger partial charge in [0.05, 0.1) is 0 Å². The van der Waals surface area contributed by atoms with Gasteiger partial charge in [0.15, 0.2) is 0 Å². The van der Waals surface area contributed by atoms with Gasteiger partial charge in [-0.3, -0.25) is 4.79 Å². The third-order valence-corrected chi connectivity index (χ3v) is 6.52. The van der Waals surface area contributed by atoms with E-state index in [1.807, 2.05) is 6.07 Å². The molecule has 3 aromatic rings. The maximum absolute atomic E-state index is 13.0. The monoisotopic (exact) mass is 437 g/mol. The first-order chi connectivity index (χ1) is 15.4. The number of carbonyl (C=O) groups excluding carboxylic acids is 1. The molecule has 2 atom stereocenters. The van der Waals surface area contributed by atoms with Gasteiger partial charge in [-0.05, 0) is 50.8 Å². The summed E-state index contributed by atoms with van der Waals surface area (Å²) < 4.78 is 0. The number of aromatic nitrogens is 4. The van der Waals surface area contributed by atoms with Crippen LogP contribution >= 0.6 is 0 Å². The molecule has 8 heteroatoms. The van der Waals surface area contributed by atoms with Crippen LogP contribution in [0.1, 0.15) is 49.8 Å². The van der Waals surface area contributed by atoms with E-state index in [0.717, 1.165) is 44.4 Å². The quantitative estimate of drug-likeness (QED) is 0.503. The van der Waals surface area contributed by atoms with E-state index in [2.05, 4.69) is 87.5 Å². The summed E-state index contributed by atoms with van der Waals surface area (Å²) in [6, 6.07) is 8.75. The van der Waals surface area contributed by atoms with E-state index in [1.165, 1.54) is 10.9 Å². The lowest BCUT2D eigenvalue weighted by atomic mass is 9.97. The lowest BCUT2D eigenvalue weighted by Crippen LogP contribution is -2.50. The molecule has 0 saturated carbocycles. The molecule has 0 aliphatic carbocycles. The first-order valence-corrected chi connectivity index (χ1v) is 11.6. The molecular formula is C24H35N7O. The van der Waals surface area contributed by atoms with Gasteiger partial charge < -0.3 is 25.1 Å². The van der Waals surface area contributed by atoms with Crippen LogP contribution in [0.3, 0.4) is 0 Å². The Bertz CT molecular complexity index is 1040. The molecule has 1 saturated heterocycles. The molecule has 1 aliphatic rings. The van der Waals surface area contributed by atoms with Crippen LogP contribution in [0.4, 0.5) is 5.95 Å². The zero-order valence-electron chi connectivity index (χ0n) is 19.6. The second-order valence-corrected chi connectivity index (χ2v) is 9.48. The Labute approximate surface area is 189 Å². The van der Waals surface area contributed by atoms with Crippen molar-refractivity contribution >= 4 is 22.8 Å². The molecule has 4 rings (SSSR count). The Morgan fingerprint density at radius 1 is 1.22 bits per heavy atom. The Balaban J connectivity index is 1.45. The molecule has 32 heavy (non-hydrogen) atoms. The fourth-order valence-electron chi connectivity index (χ4n) is 4.32. The topological polar surface area (TPSA) is 92.9 Å². The number of fused-ring (bicyclic) bond motifs is 1. The molecule has 0 radical (unpaired) electrons. The van der Waals surface area contributed by atoms with Gasteiger partial charge in [0, 0.05) is 48.8 Å². The number of hydrogen-bond donors (Lipinski definition) is 3. The lowest BCUT2D eigenvalue weighted by Gasteiger charge is -2.37. The van der Waals surface area contributed by atoms with Crippen molar-refractivity contribution in [3.8, 4) is 0 Å². The number of nitrogens with one attached hydrogen (secondary N) is 3. The summed E-state index contributed by atoms with van der Waals surface area (Å²) in [6.07, 6.45) is 4.80. The number of benzene rings is 1. The minimum atomic E-state index is -0.195. The standard InChI is InChI=1S/C24H35N7O/c1-16(2)9-10-19(13-18-14-25-21-8-6-5-7-20(18)21)26-23(32)22-27-24(29-28-22)31-12-11-30(4)17(3)15-31/h5-8,14,16-17,19,25H,9-13,15H2,1-4H3,(H,26,32)(H,27,28,29). The van der Waals surface area contributed by atoms with Gasteiger partial charge in [-0.1, -0.05) is 32.0 Å². The zero-order chi connectivity index (χ0) is 22.7. The number of hydrogen-bond acceptors (Lipinski definition) is 5. The molecule has 1 aliphatic heterocycles. The summed E-state index contributed by atoms with van der Waals surface area (Å²) in [6.45, 7) is 9.32. The summed E-state index contributed by atoms with van der Waals surface area (Å²) in [7, 11) is 2.13. The van der Waals surface area contributed by atoms with Crippen molar-refractivity contribution < 1.29 is 4.79 Å². The molecule has 1 aromatic carbocycles. The third-order valence-electron chi connectivity index (χ3n) is 6.52. The van der Waals surface area contributed by atoms with Crippen LogP contribution in [-0.2, 0) is 6.42 Å². The van der Waals surface area contributed by atoms with Crippen molar-refractivity contribution in [1.29, 1.82) is 0 Å². The van der Waals surface area contributed by atoms with Crippen molar-refractivity contribution in [2.75, 3.05) is 31.6 Å². The second-order valence-electron chi connectivity index (χ2n) is 9.48. The van der Waals surface area contributed by atoms with Gasteiger partial charge in [-0.15, -0.1) is 10.2 Å². The van der Waals surface area contributed by atoms with Crippen molar-refractivity contribution in [3.05, 3.63) is 41.9 Å². The SMILES string of the molecule is CC(C)CCC(Cc1c[nH]c2ccccc12)NC(=O)c1nnc(N2CCN(C)C(C)C2)[nH]1. The highest BCUT2D eigenvalue weighted by Crippen LogP contribution is 2.21. The molecule has 3 heterocycles. The van der Waals surface area contributed by atoms with E-state index in [4.69, 9.17) is 0 Å². The molecule has 3 N–H and O–H groups in total. The van der Waals surface area contributed by atoms with Gasteiger partial charge in [-0.2, -0.15) is 0 Å². The highest BCUT2D eigenvalue weighted by Gasteiger charge is 2.25. The third kappa shape index (κ3) is 5.12. The van der Waals surface area contributed by atoms with E-state index in [0.29, 0.717) is 17.9 Å². The molecule has 1 fully saturated rings. The maximum atomic E-state index is 13.0. The summed E-state index contributed by atoms with van der Waals surface area (Å²) in [4.78, 5) is 24.0. The zero-order valence-corrected chi connectivity index (χ0v) is 19.6. The normalized spacial score (nSPS) is 18.4. The number of carbonyl (C=O) groups is 1. The first-order valence-electron chi connectivity index (χ1n) is 11.6. The van der Waals surface area contributed by atoms with Gasteiger partial charge in [-0.25, -0.2) is 0 Å². The first kappa shape index (κ1) is 22.3. The highest BCUT2D eigenvalue weighted by atomic mass is 16.2. The van der Waals surface area contributed by atoms with Gasteiger partial charge in [0.1, 0.15) is 0 Å². The number of amides is 1. The minimum Gasteiger partial charge on any atom is -0.361 e. The van der Waals surface area contributed by atoms with Crippen LogP contribution in [0.15, 0.2) is 30.5 Å². The largest absolute Gasteiger partial charge is 0.361 e. The Kier molecular flexibility index (Phi) is 6.79. The smallest absolute Gasteiger partial charge is 0.289 e. The number of para-hydroxylation sites is 1. The van der Waals surface area contributed by atoms with Crippen molar-refractivity contribution in [3.63, 3.8) is 0 Å². The summed E-state index contributed by atoms with van der Waals surface area (Å²) in [5.41, 5.74) is 2.34. The van der Waals surface area contributed by atoms with Gasteiger partial charge in [0.25, 0.3) is 5.91 Å². The van der Waals surface area contributed by atoms with Crippen LogP contribution in [-0.4, -0.2) is 69.7 Å². The van der Waals surface area contributed by atoms with Crippen LogP contribution in [0.5, 0.6) is 0 Å². The predicted octanol–water partition coefficient (Wildman–Crippen LogP) is 3.20. The predicted molar refractivity (Wildman–Crippen MR) is 128 cm³/mol. The number of aromatic amines is 2. The molecule has 8 nitrogen and oxygen atoms in total. The average molecular weight is 438 g/mol. The Hall–Kier alpha value is -2.87. The van der Waals surface area contributed by atoms with Crippen molar-refractivity contribution in [2.45, 2.75) is 52.1 Å². The van der Waals surface area contributed by atoms with Crippen molar-refractivity contribution in [1.82, 2.24) is 30.4 Å². The molecule has 172 valence electrons. The van der Waals surface area contributed by atoms with E-state index >= 15 is 0 Å². The van der Waals surface area contributed by atoms with Gasteiger partial charge >= 0.3 is 0 Å². The maximum Gasteiger partial charge on any atom is 0.289 e. The number of piperazine rings is 1. The second kappa shape index (κ2) is 9.73. The van der Waals surface area contributed by atoms with E-state index in [1.54, 1.807) is 0 Å². The van der Waals surface area contributed by atoms with Crippen LogP contribution in [0, 0.1) is 5.92 Å². The Morgan fingerprint density at radius 3 is 2.81 bits per heavy atom. The van der Waals surface area contributed by atoms with E-state index in [-0.39, 0.29) is 17.8 Å². The van der Waals surface area contributed by atoms with Crippen molar-refractivity contribution in [2.24, 2.45) is 5.92 Å². The van der Waals surface area contributed by atoms with Crippen LogP contribution in [0.25, 0.3) is 10.9 Å². The number of rotatable bonds is 8. The van der Waals surface area contributed by atoms with Gasteiger partial charge in [0.2, 0.25) is 11.8 Å². The fourth-order valence-corrected chi connectivity index (χ4v) is 4.32. The molecule has 2 aromatic heterocycles. The summed E-state index contributed by atoms with van der Waals surface area (Å²) >= 11 is 0. The summed E-state index contributed by atoms with van der Waals surface area (Å²) in [5, 5.41) is 12.8. The van der Waals surface area contributed by atoms with Crippen LogP contribution in [0.2, 0.25) is 0 Å². The Morgan fingerprint density at radius 2 is 2.03 bits per heavy atom. The molecule has 2 unspecified atom stereocenters. The lowest BCUT2D eigenvalue weighted by molar-refractivity contribution is 0.0923. The number of anilines is 1. The van der Waals surface area contributed by atoms with E-state index in [9.17, 15) is 4.79 Å². The number of H-pyrrole nitrogens is 2. The molecule has 1 amide bonds.